The predicted molar refractivity (Wildman–Crippen MR) is 103 cm³/mol. The van der Waals surface area contributed by atoms with E-state index in [2.05, 4.69) is 35.9 Å². The largest absolute Gasteiger partial charge is 0.481 e. The van der Waals surface area contributed by atoms with Crippen molar-refractivity contribution in [3.63, 3.8) is 0 Å². The molecule has 28 heavy (non-hydrogen) atoms. The number of aliphatic carboxylic acids is 2. The fourth-order valence-corrected chi connectivity index (χ4v) is 2.25. The van der Waals surface area contributed by atoms with E-state index in [1.807, 2.05) is 5.32 Å². The van der Waals surface area contributed by atoms with Crippen molar-refractivity contribution < 1.29 is 39.3 Å². The maximum absolute atomic E-state index is 12.4. The minimum atomic E-state index is -1.58. The van der Waals surface area contributed by atoms with Gasteiger partial charge in [0.1, 0.15) is 18.1 Å². The highest BCUT2D eigenvalue weighted by atomic mass is 32.1. The topological polar surface area (TPSA) is 208 Å². The third-order valence-electron chi connectivity index (χ3n) is 3.43. The number of hydrogen-bond donors (Lipinski definition) is 9. The Morgan fingerprint density at radius 1 is 0.821 bits per heavy atom. The SMILES string of the molecule is NC(CS)C(=O)NC(CCC(=O)O)C(=O)NC(CS)C(=O)NC(CO)C(=O)O. The standard InChI is InChI=1S/C14H24N4O8S2/c15-6(4-27)11(22)16-7(1-2-10(20)21)12(23)18-9(5-28)13(24)17-8(3-19)14(25)26/h6-9,19,27-28H,1-5,15H2,(H,16,22)(H,17,24)(H,18,23)(H,20,21)(H,25,26). The second-order valence-electron chi connectivity index (χ2n) is 5.61. The van der Waals surface area contributed by atoms with E-state index >= 15 is 0 Å². The predicted octanol–water partition coefficient (Wildman–Crippen LogP) is -3.43. The lowest BCUT2D eigenvalue weighted by Gasteiger charge is -2.23. The van der Waals surface area contributed by atoms with Gasteiger partial charge in [-0.1, -0.05) is 0 Å². The highest BCUT2D eigenvalue weighted by Gasteiger charge is 2.29. The van der Waals surface area contributed by atoms with Crippen molar-refractivity contribution in [3.05, 3.63) is 0 Å². The van der Waals surface area contributed by atoms with Crippen LogP contribution in [-0.2, 0) is 24.0 Å². The Hall–Kier alpha value is -2.03. The lowest BCUT2D eigenvalue weighted by molar-refractivity contribution is -0.143. The van der Waals surface area contributed by atoms with E-state index in [1.54, 1.807) is 0 Å². The Labute approximate surface area is 171 Å². The Kier molecular flexibility index (Phi) is 12.2. The number of amides is 3. The van der Waals surface area contributed by atoms with Gasteiger partial charge in [0, 0.05) is 17.9 Å². The molecular weight excluding hydrogens is 416 g/mol. The number of thiol groups is 2. The number of rotatable bonds is 13. The molecule has 0 radical (unpaired) electrons. The Morgan fingerprint density at radius 2 is 1.32 bits per heavy atom. The van der Waals surface area contributed by atoms with Crippen molar-refractivity contribution >= 4 is 54.9 Å². The highest BCUT2D eigenvalue weighted by molar-refractivity contribution is 7.80. The van der Waals surface area contributed by atoms with Crippen LogP contribution >= 0.6 is 25.3 Å². The Bertz CT molecular complexity index is 592. The third-order valence-corrected chi connectivity index (χ3v) is 4.18. The molecular formula is C14H24N4O8S2. The molecule has 4 unspecified atom stereocenters. The molecule has 0 aromatic rings. The van der Waals surface area contributed by atoms with Crippen LogP contribution in [0, 0.1) is 0 Å². The van der Waals surface area contributed by atoms with Crippen LogP contribution in [0.4, 0.5) is 0 Å². The summed E-state index contributed by atoms with van der Waals surface area (Å²) >= 11 is 7.76. The molecule has 3 amide bonds. The fourth-order valence-electron chi connectivity index (χ4n) is 1.82. The van der Waals surface area contributed by atoms with Gasteiger partial charge in [0.25, 0.3) is 0 Å². The minimum Gasteiger partial charge on any atom is -0.481 e. The highest BCUT2D eigenvalue weighted by Crippen LogP contribution is 2.02. The molecule has 0 aliphatic carbocycles. The zero-order chi connectivity index (χ0) is 21.9. The molecule has 0 aliphatic heterocycles. The van der Waals surface area contributed by atoms with Crippen LogP contribution in [0.2, 0.25) is 0 Å². The summed E-state index contributed by atoms with van der Waals surface area (Å²) < 4.78 is 0. The summed E-state index contributed by atoms with van der Waals surface area (Å²) in [5, 5.41) is 33.1. The van der Waals surface area contributed by atoms with Crippen molar-refractivity contribution in [2.75, 3.05) is 18.1 Å². The second kappa shape index (κ2) is 13.2. The van der Waals surface area contributed by atoms with Gasteiger partial charge in [-0.25, -0.2) is 4.79 Å². The first kappa shape index (κ1) is 26.0. The van der Waals surface area contributed by atoms with Gasteiger partial charge in [0.15, 0.2) is 0 Å². The molecule has 14 heteroatoms. The summed E-state index contributed by atoms with van der Waals surface area (Å²) in [7, 11) is 0. The number of nitrogens with two attached hydrogens (primary N) is 1. The van der Waals surface area contributed by atoms with Crippen molar-refractivity contribution in [3.8, 4) is 0 Å². The van der Waals surface area contributed by atoms with Crippen LogP contribution in [0.1, 0.15) is 12.8 Å². The number of carboxylic acid groups (broad SMARTS) is 2. The average Bonchev–Trinajstić information content (AvgIpc) is 2.65. The first-order valence-corrected chi connectivity index (χ1v) is 9.27. The fraction of sp³-hybridized carbons (Fsp3) is 0.643. The smallest absolute Gasteiger partial charge is 0.328 e. The molecule has 0 aliphatic rings. The summed E-state index contributed by atoms with van der Waals surface area (Å²) in [6.07, 6.45) is -0.723. The van der Waals surface area contributed by atoms with Crippen LogP contribution in [-0.4, -0.2) is 87.3 Å². The monoisotopic (exact) mass is 440 g/mol. The van der Waals surface area contributed by atoms with Crippen molar-refractivity contribution in [1.82, 2.24) is 16.0 Å². The maximum atomic E-state index is 12.4. The van der Waals surface area contributed by atoms with E-state index in [-0.39, 0.29) is 17.9 Å². The number of aliphatic hydroxyl groups is 1. The molecule has 0 fully saturated rings. The van der Waals surface area contributed by atoms with Crippen LogP contribution in [0.3, 0.4) is 0 Å². The molecule has 0 aromatic carbocycles. The third kappa shape index (κ3) is 9.25. The van der Waals surface area contributed by atoms with Gasteiger partial charge >= 0.3 is 11.9 Å². The van der Waals surface area contributed by atoms with Crippen molar-refractivity contribution in [2.45, 2.75) is 37.0 Å². The number of hydrogen-bond acceptors (Lipinski definition) is 9. The summed E-state index contributed by atoms with van der Waals surface area (Å²) in [4.78, 5) is 58.0. The maximum Gasteiger partial charge on any atom is 0.328 e. The molecule has 0 saturated heterocycles. The number of aliphatic hydroxyl groups excluding tert-OH is 1. The van der Waals surface area contributed by atoms with E-state index in [1.165, 1.54) is 0 Å². The average molecular weight is 441 g/mol. The summed E-state index contributed by atoms with van der Waals surface area (Å²) in [5.74, 6) is -5.48. The zero-order valence-electron chi connectivity index (χ0n) is 14.7. The molecule has 12 nitrogen and oxygen atoms in total. The molecule has 0 rings (SSSR count). The lowest BCUT2D eigenvalue weighted by Crippen LogP contribution is -2.58. The van der Waals surface area contributed by atoms with E-state index in [4.69, 9.17) is 21.1 Å². The van der Waals surface area contributed by atoms with E-state index in [0.29, 0.717) is 0 Å². The quantitative estimate of drug-likeness (QED) is 0.130. The van der Waals surface area contributed by atoms with Crippen molar-refractivity contribution in [1.29, 1.82) is 0 Å². The van der Waals surface area contributed by atoms with E-state index < -0.39 is 66.9 Å². The van der Waals surface area contributed by atoms with E-state index in [9.17, 15) is 24.0 Å². The molecule has 0 heterocycles. The molecule has 4 atom stereocenters. The summed E-state index contributed by atoms with van der Waals surface area (Å²) in [5.41, 5.74) is 5.50. The molecule has 0 aromatic heterocycles. The molecule has 8 N–H and O–H groups in total. The van der Waals surface area contributed by atoms with Gasteiger partial charge in [-0.05, 0) is 6.42 Å². The van der Waals surface area contributed by atoms with Gasteiger partial charge in [-0.15, -0.1) is 0 Å². The van der Waals surface area contributed by atoms with Crippen molar-refractivity contribution in [2.24, 2.45) is 5.73 Å². The van der Waals surface area contributed by atoms with Crippen LogP contribution in [0.5, 0.6) is 0 Å². The second-order valence-corrected chi connectivity index (χ2v) is 6.34. The first-order chi connectivity index (χ1) is 13.1. The minimum absolute atomic E-state index is 0.0154. The molecule has 0 saturated carbocycles. The van der Waals surface area contributed by atoms with Crippen LogP contribution in [0.15, 0.2) is 0 Å². The van der Waals surface area contributed by atoms with Crippen LogP contribution in [0.25, 0.3) is 0 Å². The number of nitrogens with one attached hydrogen (secondary N) is 3. The molecule has 0 spiro atoms. The summed E-state index contributed by atoms with van der Waals surface area (Å²) in [6.45, 7) is -0.868. The number of carboxylic acids is 2. The van der Waals surface area contributed by atoms with E-state index in [0.717, 1.165) is 0 Å². The Morgan fingerprint density at radius 3 is 1.75 bits per heavy atom. The van der Waals surface area contributed by atoms with Gasteiger partial charge < -0.3 is 37.0 Å². The van der Waals surface area contributed by atoms with Gasteiger partial charge in [-0.3, -0.25) is 19.2 Å². The van der Waals surface area contributed by atoms with Gasteiger partial charge in [0.05, 0.1) is 12.6 Å². The molecule has 160 valence electrons. The number of carbonyl (C=O) groups is 5. The Balaban J connectivity index is 5.16. The van der Waals surface area contributed by atoms with Gasteiger partial charge in [-0.2, -0.15) is 25.3 Å². The molecule has 0 bridgehead atoms. The zero-order valence-corrected chi connectivity index (χ0v) is 16.5. The van der Waals surface area contributed by atoms with Gasteiger partial charge in [0.2, 0.25) is 17.7 Å². The first-order valence-electron chi connectivity index (χ1n) is 8.01. The lowest BCUT2D eigenvalue weighted by atomic mass is 10.1. The summed E-state index contributed by atoms with van der Waals surface area (Å²) in [6, 6.07) is -5.22. The number of carbonyl (C=O) groups excluding carboxylic acids is 3. The normalized spacial score (nSPS) is 14.9. The van der Waals surface area contributed by atoms with Crippen LogP contribution < -0.4 is 21.7 Å².